The second-order valence-electron chi connectivity index (χ2n) is 6.94. The molecule has 0 spiro atoms. The maximum atomic E-state index is 10.7. The number of methoxy groups -OCH3 is 2. The molecule has 0 saturated heterocycles. The van der Waals surface area contributed by atoms with Gasteiger partial charge in [-0.05, 0) is 55.6 Å². The van der Waals surface area contributed by atoms with Crippen LogP contribution in [0.1, 0.15) is 57.1 Å². The van der Waals surface area contributed by atoms with Gasteiger partial charge in [0.05, 0.1) is 20.8 Å². The Kier molecular flexibility index (Phi) is 7.75. The molecule has 2 rings (SSSR count). The molecule has 0 aliphatic rings. The molecular weight excluding hydrogens is 342 g/mol. The summed E-state index contributed by atoms with van der Waals surface area (Å²) >= 11 is 0. The molecule has 0 radical (unpaired) electrons. The lowest BCUT2D eigenvalue weighted by Gasteiger charge is -2.23. The van der Waals surface area contributed by atoms with E-state index < -0.39 is 5.60 Å². The summed E-state index contributed by atoms with van der Waals surface area (Å²) in [5, 5.41) is 10.7. The summed E-state index contributed by atoms with van der Waals surface area (Å²) in [6, 6.07) is 9.82. The molecule has 1 heterocycles. The third-order valence-electron chi connectivity index (χ3n) is 5.03. The molecule has 0 saturated carbocycles. The fourth-order valence-electron chi connectivity index (χ4n) is 3.28. The maximum absolute atomic E-state index is 10.7. The van der Waals surface area contributed by atoms with Crippen molar-refractivity contribution in [2.45, 2.75) is 58.7 Å². The number of benzene rings is 1. The summed E-state index contributed by atoms with van der Waals surface area (Å²) in [4.78, 5) is 2.33. The van der Waals surface area contributed by atoms with Gasteiger partial charge in [0, 0.05) is 12.6 Å². The van der Waals surface area contributed by atoms with Gasteiger partial charge >= 0.3 is 0 Å². The average molecular weight is 376 g/mol. The van der Waals surface area contributed by atoms with Gasteiger partial charge in [-0.2, -0.15) is 0 Å². The first-order chi connectivity index (χ1) is 13.0. The van der Waals surface area contributed by atoms with Gasteiger partial charge in [0.25, 0.3) is 0 Å². The van der Waals surface area contributed by atoms with E-state index >= 15 is 0 Å². The fourth-order valence-corrected chi connectivity index (χ4v) is 3.28. The number of rotatable bonds is 11. The highest BCUT2D eigenvalue weighted by Crippen LogP contribution is 2.30. The quantitative estimate of drug-likeness (QED) is 0.616. The Morgan fingerprint density at radius 3 is 2.11 bits per heavy atom. The fraction of sp³-hybridized carbons (Fsp3) is 0.545. The highest BCUT2D eigenvalue weighted by Gasteiger charge is 2.28. The molecule has 5 heteroatoms. The standard InChI is InChI=1S/C22H33NO4/c1-6-11-23(15-17-12-19(25-4)14-20(13-17)26-5)16-18-9-10-21(27-18)22(24,7-2)8-3/h9-10,12-14,24H,6-8,11,15-16H2,1-5H3. The largest absolute Gasteiger partial charge is 0.497 e. The summed E-state index contributed by atoms with van der Waals surface area (Å²) in [5.74, 6) is 3.10. The smallest absolute Gasteiger partial charge is 0.135 e. The first kappa shape index (κ1) is 21.3. The minimum absolute atomic E-state index is 0.638. The Morgan fingerprint density at radius 2 is 1.59 bits per heavy atom. The highest BCUT2D eigenvalue weighted by atomic mass is 16.5. The lowest BCUT2D eigenvalue weighted by molar-refractivity contribution is 0.00519. The highest BCUT2D eigenvalue weighted by molar-refractivity contribution is 5.38. The number of hydrogen-bond acceptors (Lipinski definition) is 5. The number of hydrogen-bond donors (Lipinski definition) is 1. The van der Waals surface area contributed by atoms with Crippen LogP contribution in [0.25, 0.3) is 0 Å². The maximum Gasteiger partial charge on any atom is 0.135 e. The van der Waals surface area contributed by atoms with Gasteiger partial charge < -0.3 is 19.0 Å². The first-order valence-electron chi connectivity index (χ1n) is 9.73. The molecule has 0 bridgehead atoms. The van der Waals surface area contributed by atoms with Crippen LogP contribution in [0.4, 0.5) is 0 Å². The van der Waals surface area contributed by atoms with E-state index in [9.17, 15) is 5.11 Å². The third kappa shape index (κ3) is 5.50. The van der Waals surface area contributed by atoms with E-state index in [4.69, 9.17) is 13.9 Å². The number of ether oxygens (including phenoxy) is 2. The summed E-state index contributed by atoms with van der Waals surface area (Å²) in [6.07, 6.45) is 2.32. The Balaban J connectivity index is 2.16. The van der Waals surface area contributed by atoms with E-state index in [1.54, 1.807) is 14.2 Å². The van der Waals surface area contributed by atoms with E-state index in [-0.39, 0.29) is 0 Å². The molecule has 150 valence electrons. The zero-order chi connectivity index (χ0) is 19.9. The first-order valence-corrected chi connectivity index (χ1v) is 9.73. The van der Waals surface area contributed by atoms with Gasteiger partial charge in [0.2, 0.25) is 0 Å². The zero-order valence-corrected chi connectivity index (χ0v) is 17.2. The molecule has 0 atom stereocenters. The minimum atomic E-state index is -0.881. The molecular formula is C22H33NO4. The predicted molar refractivity (Wildman–Crippen MR) is 107 cm³/mol. The number of aliphatic hydroxyl groups is 1. The number of furan rings is 1. The second-order valence-corrected chi connectivity index (χ2v) is 6.94. The molecule has 2 aromatic rings. The van der Waals surface area contributed by atoms with Gasteiger partial charge in [0.15, 0.2) is 0 Å². The molecule has 27 heavy (non-hydrogen) atoms. The normalized spacial score (nSPS) is 11.8. The van der Waals surface area contributed by atoms with E-state index in [1.807, 2.05) is 44.2 Å². The monoisotopic (exact) mass is 375 g/mol. The van der Waals surface area contributed by atoms with Crippen LogP contribution in [0.2, 0.25) is 0 Å². The van der Waals surface area contributed by atoms with E-state index in [2.05, 4.69) is 11.8 Å². The van der Waals surface area contributed by atoms with Crippen molar-refractivity contribution in [3.05, 3.63) is 47.4 Å². The minimum Gasteiger partial charge on any atom is -0.497 e. The van der Waals surface area contributed by atoms with Crippen LogP contribution in [0.15, 0.2) is 34.7 Å². The van der Waals surface area contributed by atoms with Crippen molar-refractivity contribution in [2.24, 2.45) is 0 Å². The summed E-state index contributed by atoms with van der Waals surface area (Å²) in [7, 11) is 3.32. The van der Waals surface area contributed by atoms with Crippen LogP contribution in [0.5, 0.6) is 11.5 Å². The van der Waals surface area contributed by atoms with Crippen molar-refractivity contribution >= 4 is 0 Å². The summed E-state index contributed by atoms with van der Waals surface area (Å²) < 4.78 is 16.7. The summed E-state index contributed by atoms with van der Waals surface area (Å²) in [5.41, 5.74) is 0.249. The Hall–Kier alpha value is -1.98. The molecule has 0 unspecified atom stereocenters. The van der Waals surface area contributed by atoms with Crippen LogP contribution in [-0.4, -0.2) is 30.8 Å². The Bertz CT molecular complexity index is 684. The zero-order valence-electron chi connectivity index (χ0n) is 17.2. The van der Waals surface area contributed by atoms with Crippen LogP contribution < -0.4 is 9.47 Å². The van der Waals surface area contributed by atoms with Crippen LogP contribution in [0.3, 0.4) is 0 Å². The molecule has 5 nitrogen and oxygen atoms in total. The SMILES string of the molecule is CCCN(Cc1cc(OC)cc(OC)c1)Cc1ccc(C(O)(CC)CC)o1. The van der Waals surface area contributed by atoms with Gasteiger partial charge in [0.1, 0.15) is 28.6 Å². The van der Waals surface area contributed by atoms with E-state index in [0.717, 1.165) is 42.3 Å². The lowest BCUT2D eigenvalue weighted by Crippen LogP contribution is -2.24. The third-order valence-corrected chi connectivity index (χ3v) is 5.03. The molecule has 0 aliphatic heterocycles. The van der Waals surface area contributed by atoms with Gasteiger partial charge in [-0.1, -0.05) is 20.8 Å². The molecule has 0 fully saturated rings. The second kappa shape index (κ2) is 9.81. The Labute approximate surface area is 162 Å². The molecule has 1 aromatic heterocycles. The topological polar surface area (TPSA) is 55.1 Å². The van der Waals surface area contributed by atoms with Crippen LogP contribution >= 0.6 is 0 Å². The summed E-state index contributed by atoms with van der Waals surface area (Å²) in [6.45, 7) is 8.53. The van der Waals surface area contributed by atoms with E-state index in [1.165, 1.54) is 0 Å². The van der Waals surface area contributed by atoms with Crippen LogP contribution in [0, 0.1) is 0 Å². The van der Waals surface area contributed by atoms with Gasteiger partial charge in [-0.3, -0.25) is 4.90 Å². The number of nitrogens with zero attached hydrogens (tertiary/aromatic N) is 1. The van der Waals surface area contributed by atoms with Crippen molar-refractivity contribution in [3.8, 4) is 11.5 Å². The predicted octanol–water partition coefficient (Wildman–Crippen LogP) is 4.72. The van der Waals surface area contributed by atoms with Crippen molar-refractivity contribution in [1.29, 1.82) is 0 Å². The molecule has 0 aliphatic carbocycles. The van der Waals surface area contributed by atoms with Crippen molar-refractivity contribution < 1.29 is 19.0 Å². The van der Waals surface area contributed by atoms with Gasteiger partial charge in [-0.15, -0.1) is 0 Å². The Morgan fingerprint density at radius 1 is 0.963 bits per heavy atom. The molecule has 1 N–H and O–H groups in total. The molecule has 1 aromatic carbocycles. The van der Waals surface area contributed by atoms with Crippen LogP contribution in [-0.2, 0) is 18.7 Å². The van der Waals surface area contributed by atoms with Crippen molar-refractivity contribution in [2.75, 3.05) is 20.8 Å². The van der Waals surface area contributed by atoms with Crippen molar-refractivity contribution in [3.63, 3.8) is 0 Å². The van der Waals surface area contributed by atoms with E-state index in [0.29, 0.717) is 25.1 Å². The lowest BCUT2D eigenvalue weighted by atomic mass is 9.95. The average Bonchev–Trinajstić information content (AvgIpc) is 3.16. The van der Waals surface area contributed by atoms with Gasteiger partial charge in [-0.25, -0.2) is 0 Å². The van der Waals surface area contributed by atoms with Crippen molar-refractivity contribution in [1.82, 2.24) is 4.90 Å². The molecule has 0 amide bonds.